The molecule has 4 nitrogen and oxygen atoms in total. The molecule has 0 amide bonds. The van der Waals surface area contributed by atoms with E-state index in [9.17, 15) is 0 Å². The smallest absolute Gasteiger partial charge is 0.139 e. The van der Waals surface area contributed by atoms with E-state index in [1.165, 1.54) is 29.8 Å². The molecule has 2 heterocycles. The van der Waals surface area contributed by atoms with Gasteiger partial charge in [0.2, 0.25) is 0 Å². The molecule has 0 radical (unpaired) electrons. The molecule has 0 spiro atoms. The van der Waals surface area contributed by atoms with Crippen LogP contribution in [0.3, 0.4) is 0 Å². The highest BCUT2D eigenvalue weighted by molar-refractivity contribution is 7.99. The predicted octanol–water partition coefficient (Wildman–Crippen LogP) is 1.72. The van der Waals surface area contributed by atoms with Crippen molar-refractivity contribution in [3.05, 3.63) is 18.7 Å². The number of hydrogen-bond acceptors (Lipinski definition) is 6. The Labute approximate surface area is 95.5 Å². The minimum absolute atomic E-state index is 0.589. The fourth-order valence-corrected chi connectivity index (χ4v) is 2.35. The van der Waals surface area contributed by atoms with Crippen molar-refractivity contribution < 1.29 is 0 Å². The zero-order valence-corrected chi connectivity index (χ0v) is 9.25. The van der Waals surface area contributed by atoms with Crippen LogP contribution in [0.15, 0.2) is 23.7 Å². The zero-order chi connectivity index (χ0) is 10.5. The number of aromatic nitrogens is 4. The first kappa shape index (κ1) is 10.1. The summed E-state index contributed by atoms with van der Waals surface area (Å²) in [6.07, 6.45) is 10.1. The SMILES string of the molecule is C#CCSc1nsnc1-c1cncnc1. The van der Waals surface area contributed by atoms with E-state index < -0.39 is 0 Å². The molecule has 0 aliphatic carbocycles. The Morgan fingerprint density at radius 2 is 2.13 bits per heavy atom. The molecule has 2 rings (SSSR count). The second-order valence-corrected chi connectivity index (χ2v) is 4.03. The van der Waals surface area contributed by atoms with Gasteiger partial charge in [-0.05, 0) is 0 Å². The number of thioether (sulfide) groups is 1. The van der Waals surface area contributed by atoms with Crippen molar-refractivity contribution in [2.45, 2.75) is 5.03 Å². The van der Waals surface area contributed by atoms with Gasteiger partial charge < -0.3 is 0 Å². The molecular formula is C9H6N4S2. The molecular weight excluding hydrogens is 228 g/mol. The second-order valence-electron chi connectivity index (χ2n) is 2.54. The van der Waals surface area contributed by atoms with Gasteiger partial charge in [-0.1, -0.05) is 17.7 Å². The first-order valence-electron chi connectivity index (χ1n) is 4.06. The molecule has 0 N–H and O–H groups in total. The maximum absolute atomic E-state index is 5.19. The highest BCUT2D eigenvalue weighted by Gasteiger charge is 2.10. The van der Waals surface area contributed by atoms with Crippen molar-refractivity contribution in [1.82, 2.24) is 18.7 Å². The summed E-state index contributed by atoms with van der Waals surface area (Å²) in [6, 6.07) is 0. The fraction of sp³-hybridized carbons (Fsp3) is 0.111. The van der Waals surface area contributed by atoms with Gasteiger partial charge in [-0.25, -0.2) is 9.97 Å². The van der Waals surface area contributed by atoms with Crippen LogP contribution >= 0.6 is 23.5 Å². The molecule has 0 aromatic carbocycles. The van der Waals surface area contributed by atoms with Crippen LogP contribution < -0.4 is 0 Å². The summed E-state index contributed by atoms with van der Waals surface area (Å²) in [4.78, 5) is 7.88. The average Bonchev–Trinajstić information content (AvgIpc) is 2.75. The lowest BCUT2D eigenvalue weighted by Gasteiger charge is -1.96. The van der Waals surface area contributed by atoms with Crippen LogP contribution in [0.5, 0.6) is 0 Å². The van der Waals surface area contributed by atoms with E-state index in [1.807, 2.05) is 0 Å². The van der Waals surface area contributed by atoms with Crippen LogP contribution in [0.25, 0.3) is 11.3 Å². The third-order valence-corrected chi connectivity index (χ3v) is 3.10. The molecule has 15 heavy (non-hydrogen) atoms. The maximum Gasteiger partial charge on any atom is 0.139 e. The van der Waals surface area contributed by atoms with E-state index >= 15 is 0 Å². The van der Waals surface area contributed by atoms with E-state index in [1.54, 1.807) is 12.4 Å². The Kier molecular flexibility index (Phi) is 3.27. The van der Waals surface area contributed by atoms with Crippen molar-refractivity contribution >= 4 is 23.5 Å². The Bertz CT molecular complexity index is 474. The van der Waals surface area contributed by atoms with Crippen LogP contribution in [0.2, 0.25) is 0 Å². The Balaban J connectivity index is 2.30. The van der Waals surface area contributed by atoms with Crippen LogP contribution in [0, 0.1) is 12.3 Å². The lowest BCUT2D eigenvalue weighted by atomic mass is 10.3. The van der Waals surface area contributed by atoms with Crippen molar-refractivity contribution in [2.24, 2.45) is 0 Å². The van der Waals surface area contributed by atoms with E-state index in [2.05, 4.69) is 24.6 Å². The molecule has 0 aliphatic rings. The maximum atomic E-state index is 5.19. The van der Waals surface area contributed by atoms with Crippen LogP contribution in [0.4, 0.5) is 0 Å². The minimum Gasteiger partial charge on any atom is -0.244 e. The van der Waals surface area contributed by atoms with Gasteiger partial charge in [0.15, 0.2) is 0 Å². The normalized spacial score (nSPS) is 9.80. The molecule has 0 atom stereocenters. The summed E-state index contributed by atoms with van der Waals surface area (Å²) >= 11 is 2.66. The lowest BCUT2D eigenvalue weighted by Crippen LogP contribution is -1.84. The van der Waals surface area contributed by atoms with E-state index in [4.69, 9.17) is 6.42 Å². The summed E-state index contributed by atoms with van der Waals surface area (Å²) in [6.45, 7) is 0. The Morgan fingerprint density at radius 3 is 2.87 bits per heavy atom. The molecule has 0 aliphatic heterocycles. The number of hydrogen-bond donors (Lipinski definition) is 0. The summed E-state index contributed by atoms with van der Waals surface area (Å²) in [5.41, 5.74) is 1.67. The average molecular weight is 234 g/mol. The van der Waals surface area contributed by atoms with Crippen LogP contribution in [0.1, 0.15) is 0 Å². The fourth-order valence-electron chi connectivity index (χ4n) is 0.983. The summed E-state index contributed by atoms with van der Waals surface area (Å²) in [7, 11) is 0. The Hall–Kier alpha value is -1.45. The van der Waals surface area contributed by atoms with E-state index in [-0.39, 0.29) is 0 Å². The summed E-state index contributed by atoms with van der Waals surface area (Å²) in [5, 5.41) is 0.841. The minimum atomic E-state index is 0.589. The van der Waals surface area contributed by atoms with Gasteiger partial charge in [0.1, 0.15) is 17.0 Å². The molecule has 0 fully saturated rings. The van der Waals surface area contributed by atoms with Crippen LogP contribution in [-0.2, 0) is 0 Å². The number of nitrogens with zero attached hydrogens (tertiary/aromatic N) is 4. The topological polar surface area (TPSA) is 51.6 Å². The monoisotopic (exact) mass is 234 g/mol. The Morgan fingerprint density at radius 1 is 1.33 bits per heavy atom. The standard InChI is InChI=1S/C9H6N4S2/c1-2-3-14-9-8(12-15-13-9)7-4-10-6-11-5-7/h1,4-6H,3H2. The highest BCUT2D eigenvalue weighted by atomic mass is 32.2. The second kappa shape index (κ2) is 4.87. The number of rotatable bonds is 3. The first-order chi connectivity index (χ1) is 7.42. The van der Waals surface area contributed by atoms with Gasteiger partial charge in [-0.3, -0.25) is 0 Å². The van der Waals surface area contributed by atoms with Gasteiger partial charge in [0, 0.05) is 18.0 Å². The first-order valence-corrected chi connectivity index (χ1v) is 5.77. The third kappa shape index (κ3) is 2.32. The van der Waals surface area contributed by atoms with Gasteiger partial charge in [-0.2, -0.15) is 8.75 Å². The molecule has 0 bridgehead atoms. The summed E-state index contributed by atoms with van der Waals surface area (Å²) in [5.74, 6) is 3.14. The van der Waals surface area contributed by atoms with Gasteiger partial charge in [0.05, 0.1) is 17.5 Å². The van der Waals surface area contributed by atoms with E-state index in [0.717, 1.165) is 16.3 Å². The van der Waals surface area contributed by atoms with Gasteiger partial charge in [-0.15, -0.1) is 6.42 Å². The van der Waals surface area contributed by atoms with Gasteiger partial charge >= 0.3 is 0 Å². The van der Waals surface area contributed by atoms with Crippen molar-refractivity contribution in [3.8, 4) is 23.6 Å². The molecule has 0 saturated carbocycles. The molecule has 0 unspecified atom stereocenters. The molecule has 6 heteroatoms. The molecule has 2 aromatic heterocycles. The van der Waals surface area contributed by atoms with Crippen molar-refractivity contribution in [2.75, 3.05) is 5.75 Å². The van der Waals surface area contributed by atoms with E-state index in [0.29, 0.717) is 5.75 Å². The summed E-state index contributed by atoms with van der Waals surface area (Å²) < 4.78 is 8.37. The lowest BCUT2D eigenvalue weighted by molar-refractivity contribution is 1.15. The number of terminal acetylenes is 1. The largest absolute Gasteiger partial charge is 0.244 e. The molecule has 74 valence electrons. The van der Waals surface area contributed by atoms with Crippen molar-refractivity contribution in [1.29, 1.82) is 0 Å². The quantitative estimate of drug-likeness (QED) is 0.598. The zero-order valence-electron chi connectivity index (χ0n) is 7.62. The van der Waals surface area contributed by atoms with Gasteiger partial charge in [0.25, 0.3) is 0 Å². The van der Waals surface area contributed by atoms with Crippen molar-refractivity contribution in [3.63, 3.8) is 0 Å². The highest BCUT2D eigenvalue weighted by Crippen LogP contribution is 2.28. The van der Waals surface area contributed by atoms with Crippen LogP contribution in [-0.4, -0.2) is 24.5 Å². The third-order valence-electron chi connectivity index (χ3n) is 1.58. The molecule has 2 aromatic rings. The predicted molar refractivity (Wildman–Crippen MR) is 60.5 cm³/mol. The molecule has 0 saturated heterocycles.